The van der Waals surface area contributed by atoms with Crippen molar-refractivity contribution < 1.29 is 9.66 Å². The Morgan fingerprint density at radius 3 is 2.76 bits per heavy atom. The number of nitro benzene ring substituents is 1. The quantitative estimate of drug-likeness (QED) is 0.667. The highest BCUT2D eigenvalue weighted by molar-refractivity contribution is 9.10. The number of hydrogen-bond donors (Lipinski definition) is 1. The van der Waals surface area contributed by atoms with Crippen LogP contribution in [0.4, 0.5) is 11.5 Å². The van der Waals surface area contributed by atoms with Gasteiger partial charge in [-0.25, -0.2) is 9.97 Å². The first-order valence-corrected chi connectivity index (χ1v) is 6.95. The zero-order valence-corrected chi connectivity index (χ0v) is 13.0. The summed E-state index contributed by atoms with van der Waals surface area (Å²) in [6.07, 6.45) is 1.83. The average Bonchev–Trinajstić information content (AvgIpc) is 2.41. The number of rotatable bonds is 4. The van der Waals surface area contributed by atoms with Gasteiger partial charge in [-0.1, -0.05) is 22.9 Å². The summed E-state index contributed by atoms with van der Waals surface area (Å²) < 4.78 is 6.27. The van der Waals surface area contributed by atoms with Crippen molar-refractivity contribution in [1.29, 1.82) is 0 Å². The van der Waals surface area contributed by atoms with Crippen LogP contribution in [-0.4, -0.2) is 14.9 Å². The number of nitrogens with two attached hydrogens (primary N) is 1. The third kappa shape index (κ3) is 3.10. The molecule has 7 nitrogen and oxygen atoms in total. The molecular formula is C13H13BrN4O3. The fourth-order valence-corrected chi connectivity index (χ4v) is 2.47. The molecule has 1 aromatic heterocycles. The number of nitro groups is 1. The molecule has 0 atom stereocenters. The number of benzene rings is 1. The number of ether oxygens (including phenoxy) is 1. The van der Waals surface area contributed by atoms with E-state index in [1.807, 2.05) is 6.92 Å². The molecule has 0 saturated heterocycles. The van der Waals surface area contributed by atoms with Crippen LogP contribution in [0.1, 0.15) is 18.1 Å². The molecule has 0 aliphatic heterocycles. The minimum absolute atomic E-state index is 0.138. The fourth-order valence-electron chi connectivity index (χ4n) is 1.91. The van der Waals surface area contributed by atoms with E-state index in [0.29, 0.717) is 27.8 Å². The van der Waals surface area contributed by atoms with Crippen molar-refractivity contribution in [2.45, 2.75) is 20.3 Å². The van der Waals surface area contributed by atoms with Crippen molar-refractivity contribution >= 4 is 27.4 Å². The standard InChI is InChI=1S/C13H13BrN4O3/c1-3-9-12(15)16-6-17-13(9)21-11-7(2)4-8(14)5-10(11)18(19)20/h4-6H,3H2,1-2H3,(H2,15,16,17). The van der Waals surface area contributed by atoms with Gasteiger partial charge in [0.2, 0.25) is 11.6 Å². The monoisotopic (exact) mass is 352 g/mol. The number of aromatic nitrogens is 2. The van der Waals surface area contributed by atoms with Gasteiger partial charge in [0.15, 0.2) is 0 Å². The van der Waals surface area contributed by atoms with E-state index in [1.54, 1.807) is 13.0 Å². The van der Waals surface area contributed by atoms with Gasteiger partial charge in [0.05, 0.1) is 10.5 Å². The molecule has 110 valence electrons. The Kier molecular flexibility index (Phi) is 4.37. The van der Waals surface area contributed by atoms with Gasteiger partial charge < -0.3 is 10.5 Å². The van der Waals surface area contributed by atoms with Crippen LogP contribution in [0.3, 0.4) is 0 Å². The minimum Gasteiger partial charge on any atom is -0.431 e. The predicted molar refractivity (Wildman–Crippen MR) is 81.4 cm³/mol. The van der Waals surface area contributed by atoms with Gasteiger partial charge >= 0.3 is 5.69 Å². The Morgan fingerprint density at radius 1 is 1.43 bits per heavy atom. The van der Waals surface area contributed by atoms with Crippen LogP contribution in [-0.2, 0) is 6.42 Å². The zero-order valence-electron chi connectivity index (χ0n) is 11.5. The highest BCUT2D eigenvalue weighted by atomic mass is 79.9. The van der Waals surface area contributed by atoms with Crippen molar-refractivity contribution in [3.05, 3.63) is 44.2 Å². The van der Waals surface area contributed by atoms with Crippen LogP contribution in [0.15, 0.2) is 22.9 Å². The van der Waals surface area contributed by atoms with Gasteiger partial charge in [0.25, 0.3) is 0 Å². The van der Waals surface area contributed by atoms with E-state index in [2.05, 4.69) is 25.9 Å². The smallest absolute Gasteiger partial charge is 0.313 e. The summed E-state index contributed by atoms with van der Waals surface area (Å²) in [5.74, 6) is 0.689. The number of halogens is 1. The second-order valence-electron chi connectivity index (χ2n) is 4.33. The van der Waals surface area contributed by atoms with E-state index in [1.165, 1.54) is 12.4 Å². The van der Waals surface area contributed by atoms with Gasteiger partial charge in [0.1, 0.15) is 12.1 Å². The minimum atomic E-state index is -0.497. The van der Waals surface area contributed by atoms with Crippen molar-refractivity contribution in [3.8, 4) is 11.6 Å². The lowest BCUT2D eigenvalue weighted by Crippen LogP contribution is -2.03. The Labute approximate surface area is 129 Å². The molecule has 0 amide bonds. The van der Waals surface area contributed by atoms with Crippen molar-refractivity contribution in [3.63, 3.8) is 0 Å². The number of nitrogens with zero attached hydrogens (tertiary/aromatic N) is 3. The molecule has 2 aromatic rings. The lowest BCUT2D eigenvalue weighted by atomic mass is 10.2. The number of hydrogen-bond acceptors (Lipinski definition) is 6. The molecule has 8 heteroatoms. The average molecular weight is 353 g/mol. The Hall–Kier alpha value is -2.22. The van der Waals surface area contributed by atoms with E-state index in [9.17, 15) is 10.1 Å². The summed E-state index contributed by atoms with van der Waals surface area (Å²) >= 11 is 3.24. The number of anilines is 1. The molecule has 0 radical (unpaired) electrons. The van der Waals surface area contributed by atoms with E-state index >= 15 is 0 Å². The summed E-state index contributed by atoms with van der Waals surface area (Å²) in [6, 6.07) is 3.12. The molecule has 2 rings (SSSR count). The van der Waals surface area contributed by atoms with Crippen molar-refractivity contribution in [2.24, 2.45) is 0 Å². The van der Waals surface area contributed by atoms with Crippen LogP contribution in [0, 0.1) is 17.0 Å². The van der Waals surface area contributed by atoms with Gasteiger partial charge in [-0.05, 0) is 19.4 Å². The van der Waals surface area contributed by atoms with E-state index in [-0.39, 0.29) is 17.3 Å². The Bertz CT molecular complexity index is 706. The molecule has 0 saturated carbocycles. The molecule has 1 aromatic carbocycles. The molecule has 0 aliphatic carbocycles. The zero-order chi connectivity index (χ0) is 15.6. The first-order valence-electron chi connectivity index (χ1n) is 6.15. The summed E-state index contributed by atoms with van der Waals surface area (Å²) in [5.41, 5.74) is 6.88. The maximum absolute atomic E-state index is 11.2. The van der Waals surface area contributed by atoms with E-state index in [4.69, 9.17) is 10.5 Å². The maximum atomic E-state index is 11.2. The highest BCUT2D eigenvalue weighted by Crippen LogP contribution is 2.38. The van der Waals surface area contributed by atoms with Gasteiger partial charge in [0, 0.05) is 16.1 Å². The van der Waals surface area contributed by atoms with Crippen molar-refractivity contribution in [2.75, 3.05) is 5.73 Å². The largest absolute Gasteiger partial charge is 0.431 e. The molecule has 0 unspecified atom stereocenters. The lowest BCUT2D eigenvalue weighted by Gasteiger charge is -2.12. The summed E-state index contributed by atoms with van der Waals surface area (Å²) in [7, 11) is 0. The molecule has 0 aliphatic rings. The highest BCUT2D eigenvalue weighted by Gasteiger charge is 2.21. The lowest BCUT2D eigenvalue weighted by molar-refractivity contribution is -0.385. The van der Waals surface area contributed by atoms with Crippen molar-refractivity contribution in [1.82, 2.24) is 9.97 Å². The Balaban J connectivity index is 2.54. The third-order valence-electron chi connectivity index (χ3n) is 2.91. The second kappa shape index (κ2) is 6.04. The van der Waals surface area contributed by atoms with Crippen LogP contribution >= 0.6 is 15.9 Å². The number of nitrogen functional groups attached to an aromatic ring is 1. The fraction of sp³-hybridized carbons (Fsp3) is 0.231. The van der Waals surface area contributed by atoms with Gasteiger partial charge in [-0.3, -0.25) is 10.1 Å². The maximum Gasteiger partial charge on any atom is 0.313 e. The van der Waals surface area contributed by atoms with Gasteiger partial charge in [-0.2, -0.15) is 0 Å². The first-order chi connectivity index (χ1) is 9.93. The van der Waals surface area contributed by atoms with Crippen LogP contribution in [0.25, 0.3) is 0 Å². The normalized spacial score (nSPS) is 10.4. The molecular weight excluding hydrogens is 340 g/mol. The van der Waals surface area contributed by atoms with E-state index in [0.717, 1.165) is 0 Å². The number of aryl methyl sites for hydroxylation is 1. The molecule has 21 heavy (non-hydrogen) atoms. The molecule has 0 fully saturated rings. The van der Waals surface area contributed by atoms with Crippen LogP contribution in [0.2, 0.25) is 0 Å². The Morgan fingerprint density at radius 2 is 2.14 bits per heavy atom. The molecule has 0 bridgehead atoms. The van der Waals surface area contributed by atoms with Gasteiger partial charge in [-0.15, -0.1) is 0 Å². The van der Waals surface area contributed by atoms with E-state index < -0.39 is 4.92 Å². The van der Waals surface area contributed by atoms with Crippen LogP contribution in [0.5, 0.6) is 11.6 Å². The molecule has 0 spiro atoms. The summed E-state index contributed by atoms with van der Waals surface area (Å²) in [4.78, 5) is 18.6. The first kappa shape index (κ1) is 15.2. The molecule has 2 N–H and O–H groups in total. The summed E-state index contributed by atoms with van der Waals surface area (Å²) in [6.45, 7) is 3.61. The topological polar surface area (TPSA) is 104 Å². The van der Waals surface area contributed by atoms with Crippen LogP contribution < -0.4 is 10.5 Å². The SMILES string of the molecule is CCc1c(N)ncnc1Oc1c(C)cc(Br)cc1[N+](=O)[O-]. The second-order valence-corrected chi connectivity index (χ2v) is 5.24. The molecule has 1 heterocycles. The third-order valence-corrected chi connectivity index (χ3v) is 3.37. The summed E-state index contributed by atoms with van der Waals surface area (Å²) in [5, 5.41) is 11.2. The predicted octanol–water partition coefficient (Wildman–Crippen LogP) is 3.39.